The Morgan fingerprint density at radius 1 is 0.741 bits per heavy atom. The van der Waals surface area contributed by atoms with Crippen LogP contribution in [0.1, 0.15) is 148 Å². The van der Waals surface area contributed by atoms with E-state index in [2.05, 4.69) is 22.5 Å². The highest BCUT2D eigenvalue weighted by atomic mass is 16.7. The first-order valence-corrected chi connectivity index (χ1v) is 22.3. The van der Waals surface area contributed by atoms with Gasteiger partial charge in [-0.3, -0.25) is 10.6 Å². The van der Waals surface area contributed by atoms with Gasteiger partial charge < -0.3 is 49.7 Å². The van der Waals surface area contributed by atoms with Gasteiger partial charge in [-0.1, -0.05) is 129 Å². The number of likely N-dealkylation sites (tertiary alicyclic amines) is 1. The third kappa shape index (κ3) is 15.4. The molecule has 0 saturated carbocycles. The second-order valence-electron chi connectivity index (χ2n) is 17.5. The summed E-state index contributed by atoms with van der Waals surface area (Å²) < 4.78 is 16.9. The summed E-state index contributed by atoms with van der Waals surface area (Å²) in [5.74, 6) is -0.566. The Morgan fingerprint density at radius 2 is 1.31 bits per heavy atom. The predicted molar refractivity (Wildman–Crippen MR) is 211 cm³/mol. The molecule has 0 bridgehead atoms. The average molecular weight is 772 g/mol. The second kappa shape index (κ2) is 25.8. The molecular formula is C42H81N3O9. The summed E-state index contributed by atoms with van der Waals surface area (Å²) in [6, 6.07) is 0.234. The average Bonchev–Trinajstić information content (AvgIpc) is 3.61. The van der Waals surface area contributed by atoms with Crippen LogP contribution in [0.5, 0.6) is 0 Å². The Morgan fingerprint density at radius 3 is 1.89 bits per heavy atom. The largest absolute Gasteiger partial charge is 0.394 e. The van der Waals surface area contributed by atoms with Crippen molar-refractivity contribution in [1.82, 2.24) is 15.5 Å². The van der Waals surface area contributed by atoms with E-state index in [1.165, 1.54) is 122 Å². The zero-order valence-corrected chi connectivity index (χ0v) is 33.8. The van der Waals surface area contributed by atoms with Crippen molar-refractivity contribution < 1.29 is 44.8 Å². The SMILES string of the molecule is CCCCCCCCCCCCCC[C@@H](O)[C@@H](O)[C@H](COC1OC(CO)C(O)C(O)C1O)C1NCC(CCCCCCCCCCN2CC3(COC3)C2)N1. The molecule has 0 aromatic heterocycles. The van der Waals surface area contributed by atoms with Crippen molar-refractivity contribution in [2.24, 2.45) is 11.3 Å². The molecule has 4 saturated heterocycles. The van der Waals surface area contributed by atoms with Crippen molar-refractivity contribution in [2.75, 3.05) is 52.6 Å². The smallest absolute Gasteiger partial charge is 0.186 e. The van der Waals surface area contributed by atoms with Gasteiger partial charge in [0.25, 0.3) is 0 Å². The number of hydrogen-bond donors (Lipinski definition) is 8. The fourth-order valence-electron chi connectivity index (χ4n) is 8.98. The lowest BCUT2D eigenvalue weighted by molar-refractivity contribution is -0.305. The Labute approximate surface area is 327 Å². The standard InChI is InChI=1S/C42H81N3O9/c1-2-3-4-5-6-7-8-9-10-14-17-20-23-34(47)36(48)33(27-53-41-39(51)38(50)37(49)35(26-46)54-41)40-43-25-32(44-40)22-19-16-13-11-12-15-18-21-24-45-28-42(29-45)30-52-31-42/h32-41,43-44,46-51H,2-31H2,1H3/t32?,33-,34+,35?,36-,37?,38?,39?,40?,41?/m0/s1. The lowest BCUT2D eigenvalue weighted by atomic mass is 9.78. The van der Waals surface area contributed by atoms with Crippen LogP contribution in [0.2, 0.25) is 0 Å². The first-order valence-electron chi connectivity index (χ1n) is 22.3. The second-order valence-corrected chi connectivity index (χ2v) is 17.5. The number of rotatable bonds is 31. The third-order valence-corrected chi connectivity index (χ3v) is 12.6. The minimum atomic E-state index is -1.54. The van der Waals surface area contributed by atoms with Gasteiger partial charge in [0.1, 0.15) is 24.4 Å². The van der Waals surface area contributed by atoms with Gasteiger partial charge in [-0.25, -0.2) is 0 Å². The van der Waals surface area contributed by atoms with Crippen molar-refractivity contribution >= 4 is 0 Å². The Hall–Kier alpha value is -0.480. The zero-order valence-electron chi connectivity index (χ0n) is 33.8. The van der Waals surface area contributed by atoms with Crippen LogP contribution < -0.4 is 10.6 Å². The van der Waals surface area contributed by atoms with Crippen LogP contribution in [0.3, 0.4) is 0 Å². The fourth-order valence-corrected chi connectivity index (χ4v) is 8.98. The van der Waals surface area contributed by atoms with E-state index in [1.54, 1.807) is 0 Å². The molecule has 4 heterocycles. The number of unbranched alkanes of at least 4 members (excludes halogenated alkanes) is 18. The maximum Gasteiger partial charge on any atom is 0.186 e. The number of hydrogen-bond acceptors (Lipinski definition) is 12. The van der Waals surface area contributed by atoms with Crippen LogP contribution in [-0.4, -0.2) is 143 Å². The molecule has 0 radical (unpaired) electrons. The molecular weight excluding hydrogens is 690 g/mol. The van der Waals surface area contributed by atoms with Crippen LogP contribution in [0.15, 0.2) is 0 Å². The summed E-state index contributed by atoms with van der Waals surface area (Å²) in [6.07, 6.45) is 17.1. The minimum absolute atomic E-state index is 0.0650. The number of nitrogens with one attached hydrogen (secondary N) is 2. The maximum absolute atomic E-state index is 11.5. The summed E-state index contributed by atoms with van der Waals surface area (Å²) in [5, 5.41) is 70.3. The van der Waals surface area contributed by atoms with Crippen molar-refractivity contribution in [2.45, 2.75) is 203 Å². The monoisotopic (exact) mass is 772 g/mol. The Balaban J connectivity index is 1.11. The van der Waals surface area contributed by atoms with E-state index in [9.17, 15) is 30.6 Å². The van der Waals surface area contributed by atoms with Gasteiger partial charge in [0.05, 0.1) is 44.8 Å². The van der Waals surface area contributed by atoms with Crippen molar-refractivity contribution in [3.63, 3.8) is 0 Å². The van der Waals surface area contributed by atoms with Crippen LogP contribution in [0, 0.1) is 11.3 Å². The zero-order chi connectivity index (χ0) is 38.6. The normalized spacial score (nSPS) is 29.9. The quantitative estimate of drug-likeness (QED) is 0.0478. The Kier molecular flexibility index (Phi) is 22.1. The molecule has 4 aliphatic heterocycles. The molecule has 0 aromatic rings. The number of aliphatic hydroxyl groups is 6. The van der Waals surface area contributed by atoms with Crippen molar-refractivity contribution in [3.8, 4) is 0 Å². The number of ether oxygens (including phenoxy) is 3. The summed E-state index contributed by atoms with van der Waals surface area (Å²) in [5.41, 5.74) is 0.522. The van der Waals surface area contributed by atoms with E-state index in [0.29, 0.717) is 11.8 Å². The van der Waals surface area contributed by atoms with E-state index in [1.807, 2.05) is 0 Å². The number of nitrogens with zero attached hydrogens (tertiary/aromatic N) is 1. The van der Waals surface area contributed by atoms with Crippen LogP contribution in [0.25, 0.3) is 0 Å². The van der Waals surface area contributed by atoms with Crippen LogP contribution in [-0.2, 0) is 14.2 Å². The summed E-state index contributed by atoms with van der Waals surface area (Å²) >= 11 is 0. The lowest BCUT2D eigenvalue weighted by Crippen LogP contribution is -2.65. The molecule has 4 rings (SSSR count). The topological polar surface area (TPSA) is 176 Å². The molecule has 7 unspecified atom stereocenters. The Bertz CT molecular complexity index is 954. The molecule has 4 fully saturated rings. The van der Waals surface area contributed by atoms with Gasteiger partial charge in [0.15, 0.2) is 6.29 Å². The molecule has 12 heteroatoms. The van der Waals surface area contributed by atoms with Gasteiger partial charge in [-0.15, -0.1) is 0 Å². The predicted octanol–water partition coefficient (Wildman–Crippen LogP) is 3.96. The van der Waals surface area contributed by atoms with E-state index >= 15 is 0 Å². The lowest BCUT2D eigenvalue weighted by Gasteiger charge is -2.55. The van der Waals surface area contributed by atoms with E-state index in [4.69, 9.17) is 14.2 Å². The van der Waals surface area contributed by atoms with Gasteiger partial charge in [0, 0.05) is 37.0 Å². The molecule has 0 aromatic carbocycles. The van der Waals surface area contributed by atoms with Crippen molar-refractivity contribution in [1.29, 1.82) is 0 Å². The first kappa shape index (κ1) is 46.2. The molecule has 4 aliphatic rings. The summed E-state index contributed by atoms with van der Waals surface area (Å²) in [4.78, 5) is 2.58. The maximum atomic E-state index is 11.5. The molecule has 12 nitrogen and oxygen atoms in total. The van der Waals surface area contributed by atoms with Crippen LogP contribution >= 0.6 is 0 Å². The molecule has 318 valence electrons. The first-order chi connectivity index (χ1) is 26.3. The van der Waals surface area contributed by atoms with E-state index in [-0.39, 0.29) is 18.8 Å². The highest BCUT2D eigenvalue weighted by Gasteiger charge is 2.48. The highest BCUT2D eigenvalue weighted by Crippen LogP contribution is 2.37. The molecule has 54 heavy (non-hydrogen) atoms. The third-order valence-electron chi connectivity index (χ3n) is 12.6. The summed E-state index contributed by atoms with van der Waals surface area (Å²) in [7, 11) is 0. The van der Waals surface area contributed by atoms with Crippen molar-refractivity contribution in [3.05, 3.63) is 0 Å². The molecule has 0 amide bonds. The minimum Gasteiger partial charge on any atom is -0.394 e. The highest BCUT2D eigenvalue weighted by molar-refractivity contribution is 4.99. The molecule has 1 spiro atoms. The van der Waals surface area contributed by atoms with Gasteiger partial charge in [-0.2, -0.15) is 0 Å². The van der Waals surface area contributed by atoms with Crippen LogP contribution in [0.4, 0.5) is 0 Å². The van der Waals surface area contributed by atoms with Gasteiger partial charge in [0.2, 0.25) is 0 Å². The van der Waals surface area contributed by atoms with E-state index < -0.39 is 55.4 Å². The van der Waals surface area contributed by atoms with Gasteiger partial charge >= 0.3 is 0 Å². The molecule has 8 N–H and O–H groups in total. The molecule has 10 atom stereocenters. The fraction of sp³-hybridized carbons (Fsp3) is 1.00. The molecule has 0 aliphatic carbocycles. The van der Waals surface area contributed by atoms with E-state index in [0.717, 1.165) is 51.9 Å². The summed E-state index contributed by atoms with van der Waals surface area (Å²) in [6.45, 7) is 8.02. The number of aliphatic hydroxyl groups excluding tert-OH is 6. The van der Waals surface area contributed by atoms with Gasteiger partial charge in [-0.05, 0) is 25.8 Å².